The van der Waals surface area contributed by atoms with Crippen molar-refractivity contribution in [3.8, 4) is 6.07 Å². The van der Waals surface area contributed by atoms with Gasteiger partial charge in [-0.25, -0.2) is 4.39 Å². The highest BCUT2D eigenvalue weighted by Crippen LogP contribution is 2.65. The molecule has 0 fully saturated rings. The van der Waals surface area contributed by atoms with Gasteiger partial charge in [0, 0.05) is 0 Å². The Labute approximate surface area is 202 Å². The quantitative estimate of drug-likeness (QED) is 0.341. The second-order valence-corrected chi connectivity index (χ2v) is 12.4. The molecular formula is C30H30FNOP+. The maximum absolute atomic E-state index is 12.6. The van der Waals surface area contributed by atoms with Gasteiger partial charge in [-0.3, -0.25) is 0 Å². The Morgan fingerprint density at radius 1 is 1.00 bits per heavy atom. The normalized spacial score (nSPS) is 16.5. The van der Waals surface area contributed by atoms with Crippen molar-refractivity contribution < 1.29 is 9.13 Å². The number of allylic oxidation sites excluding steroid dienone is 2. The number of benzene rings is 3. The molecule has 4 heteroatoms. The highest BCUT2D eigenvalue weighted by molar-refractivity contribution is 7.89. The average molecular weight is 471 g/mol. The Hall–Kier alpha value is -3.05. The second kappa shape index (κ2) is 11.4. The van der Waals surface area contributed by atoms with Gasteiger partial charge in [0.2, 0.25) is 0 Å². The van der Waals surface area contributed by atoms with Crippen LogP contribution in [0.15, 0.2) is 109 Å². The molecule has 2 atom stereocenters. The molecule has 3 aromatic rings. The van der Waals surface area contributed by atoms with Gasteiger partial charge in [-0.15, -0.1) is 0 Å². The van der Waals surface area contributed by atoms with E-state index in [2.05, 4.69) is 98.0 Å². The number of hydrogen-bond acceptors (Lipinski definition) is 2. The van der Waals surface area contributed by atoms with Crippen molar-refractivity contribution in [2.24, 2.45) is 0 Å². The summed E-state index contributed by atoms with van der Waals surface area (Å²) >= 11 is 0. The van der Waals surface area contributed by atoms with Crippen molar-refractivity contribution in [1.82, 2.24) is 0 Å². The first-order chi connectivity index (χ1) is 16.7. The fraction of sp³-hybridized carbons (Fsp3) is 0.233. The van der Waals surface area contributed by atoms with Crippen LogP contribution in [-0.4, -0.2) is 25.0 Å². The lowest BCUT2D eigenvalue weighted by atomic mass is 10.0. The van der Waals surface area contributed by atoms with E-state index in [0.717, 1.165) is 12.6 Å². The maximum Gasteiger partial charge on any atom is 0.113 e. The number of nitrogens with zero attached hydrogens (tertiary/aromatic N) is 1. The third kappa shape index (κ3) is 5.20. The molecule has 4 rings (SSSR count). The predicted molar refractivity (Wildman–Crippen MR) is 141 cm³/mol. The first-order valence-corrected chi connectivity index (χ1v) is 13.8. The lowest BCUT2D eigenvalue weighted by molar-refractivity contribution is 0.0750. The monoisotopic (exact) mass is 470 g/mol. The van der Waals surface area contributed by atoms with Crippen LogP contribution in [-0.2, 0) is 10.9 Å². The SMILES string of the molecule is C[C@@H](C1=CCC(OCCF)C=C1)[P+](Cc1cccc(C#N)c1)(c1ccccc1)c1ccccc1. The molecule has 0 saturated heterocycles. The predicted octanol–water partition coefficient (Wildman–Crippen LogP) is 6.36. The maximum atomic E-state index is 12.6. The van der Waals surface area contributed by atoms with E-state index in [9.17, 15) is 9.65 Å². The van der Waals surface area contributed by atoms with Crippen LogP contribution in [0.4, 0.5) is 4.39 Å². The lowest BCUT2D eigenvalue weighted by Crippen LogP contribution is -2.33. The van der Waals surface area contributed by atoms with E-state index in [1.165, 1.54) is 21.7 Å². The van der Waals surface area contributed by atoms with Gasteiger partial charge in [0.1, 0.15) is 22.9 Å². The Morgan fingerprint density at radius 2 is 1.68 bits per heavy atom. The summed E-state index contributed by atoms with van der Waals surface area (Å²) in [5, 5.41) is 12.2. The Bertz CT molecular complexity index is 1140. The molecule has 0 heterocycles. The van der Waals surface area contributed by atoms with Crippen LogP contribution in [0, 0.1) is 11.3 Å². The second-order valence-electron chi connectivity index (χ2n) is 8.58. The van der Waals surface area contributed by atoms with E-state index in [1.807, 2.05) is 18.2 Å². The number of halogens is 1. The molecule has 0 saturated carbocycles. The smallest absolute Gasteiger partial charge is 0.113 e. The van der Waals surface area contributed by atoms with Crippen molar-refractivity contribution in [3.05, 3.63) is 120 Å². The van der Waals surface area contributed by atoms with Crippen LogP contribution < -0.4 is 10.6 Å². The summed E-state index contributed by atoms with van der Waals surface area (Å²) in [5.74, 6) is 0. The van der Waals surface area contributed by atoms with E-state index < -0.39 is 13.9 Å². The molecule has 1 aliphatic carbocycles. The molecule has 1 unspecified atom stereocenters. The molecular weight excluding hydrogens is 440 g/mol. The molecule has 34 heavy (non-hydrogen) atoms. The van der Waals surface area contributed by atoms with E-state index >= 15 is 0 Å². The molecule has 1 aliphatic rings. The van der Waals surface area contributed by atoms with E-state index in [1.54, 1.807) is 0 Å². The summed E-state index contributed by atoms with van der Waals surface area (Å²) in [4.78, 5) is 0. The highest BCUT2D eigenvalue weighted by atomic mass is 31.2. The van der Waals surface area contributed by atoms with Crippen LogP contribution >= 0.6 is 7.26 Å². The number of alkyl halides is 1. The van der Waals surface area contributed by atoms with Gasteiger partial charge in [-0.05, 0) is 60.9 Å². The fourth-order valence-electron chi connectivity index (χ4n) is 4.83. The first kappa shape index (κ1) is 24.1. The molecule has 0 amide bonds. The van der Waals surface area contributed by atoms with Gasteiger partial charge >= 0.3 is 0 Å². The number of nitriles is 1. The minimum atomic E-state index is -1.98. The van der Waals surface area contributed by atoms with Gasteiger partial charge in [0.15, 0.2) is 0 Å². The minimum absolute atomic E-state index is 0.0693. The van der Waals surface area contributed by atoms with Crippen molar-refractivity contribution in [1.29, 1.82) is 5.26 Å². The van der Waals surface area contributed by atoms with Gasteiger partial charge in [-0.2, -0.15) is 5.26 Å². The summed E-state index contributed by atoms with van der Waals surface area (Å²) < 4.78 is 18.2. The third-order valence-electron chi connectivity index (χ3n) is 6.56. The molecule has 3 aromatic carbocycles. The molecule has 0 N–H and O–H groups in total. The van der Waals surface area contributed by atoms with Crippen LogP contribution in [0.5, 0.6) is 0 Å². The van der Waals surface area contributed by atoms with Gasteiger partial charge < -0.3 is 4.74 Å². The summed E-state index contributed by atoms with van der Waals surface area (Å²) in [6.07, 6.45) is 8.06. The number of rotatable bonds is 9. The Morgan fingerprint density at radius 3 is 2.24 bits per heavy atom. The minimum Gasteiger partial charge on any atom is -0.371 e. The zero-order valence-corrected chi connectivity index (χ0v) is 20.4. The highest BCUT2D eigenvalue weighted by Gasteiger charge is 2.49. The van der Waals surface area contributed by atoms with Gasteiger partial charge in [0.05, 0.1) is 37.8 Å². The number of hydrogen-bond donors (Lipinski definition) is 0. The third-order valence-corrected chi connectivity index (χ3v) is 11.5. The molecule has 0 spiro atoms. The van der Waals surface area contributed by atoms with Crippen molar-refractivity contribution in [2.75, 3.05) is 13.3 Å². The molecule has 0 radical (unpaired) electrons. The van der Waals surface area contributed by atoms with Gasteiger partial charge in [0.25, 0.3) is 0 Å². The van der Waals surface area contributed by atoms with E-state index in [4.69, 9.17) is 4.74 Å². The molecule has 0 bridgehead atoms. The Balaban J connectivity index is 1.82. The van der Waals surface area contributed by atoms with E-state index in [-0.39, 0.29) is 18.4 Å². The molecule has 172 valence electrons. The summed E-state index contributed by atoms with van der Waals surface area (Å²) in [5.41, 5.74) is 3.41. The number of ether oxygens (including phenoxy) is 1. The van der Waals surface area contributed by atoms with Gasteiger partial charge in [-0.1, -0.05) is 66.8 Å². The van der Waals surface area contributed by atoms with Crippen LogP contribution in [0.1, 0.15) is 24.5 Å². The zero-order valence-electron chi connectivity index (χ0n) is 19.5. The van der Waals surface area contributed by atoms with Crippen molar-refractivity contribution >= 4 is 17.9 Å². The summed E-state index contributed by atoms with van der Waals surface area (Å²) in [6.45, 7) is 2.00. The summed E-state index contributed by atoms with van der Waals surface area (Å²) in [6, 6.07) is 32.0. The average Bonchev–Trinajstić information content (AvgIpc) is 2.91. The lowest BCUT2D eigenvalue weighted by Gasteiger charge is -2.35. The van der Waals surface area contributed by atoms with E-state index in [0.29, 0.717) is 5.56 Å². The zero-order chi connectivity index (χ0) is 23.8. The largest absolute Gasteiger partial charge is 0.371 e. The van der Waals surface area contributed by atoms with Crippen LogP contribution in [0.3, 0.4) is 0 Å². The Kier molecular flexibility index (Phi) is 8.07. The summed E-state index contributed by atoms with van der Waals surface area (Å²) in [7, 11) is -1.98. The first-order valence-electron chi connectivity index (χ1n) is 11.7. The topological polar surface area (TPSA) is 33.0 Å². The van der Waals surface area contributed by atoms with Crippen molar-refractivity contribution in [2.45, 2.75) is 31.3 Å². The van der Waals surface area contributed by atoms with Crippen LogP contribution in [0.2, 0.25) is 0 Å². The van der Waals surface area contributed by atoms with Crippen molar-refractivity contribution in [3.63, 3.8) is 0 Å². The van der Waals surface area contributed by atoms with Crippen LogP contribution in [0.25, 0.3) is 0 Å². The molecule has 0 aliphatic heterocycles. The fourth-order valence-corrected chi connectivity index (χ4v) is 9.55. The molecule has 2 nitrogen and oxygen atoms in total. The molecule has 0 aromatic heterocycles. The standard InChI is InChI=1S/C30H30FNOP/c1-24(27-15-17-28(18-16-27)33-20-19-31)34(29-11-4-2-5-12-29,30-13-6-3-7-14-30)23-26-10-8-9-25(21-26)22-32/h2-17,21,24,28H,18-20,23H2,1H3/q+1/t24-,28?/m0/s1.